The van der Waals surface area contributed by atoms with E-state index in [0.29, 0.717) is 36.7 Å². The average molecular weight is 367 g/mol. The smallest absolute Gasteiger partial charge is 0.321 e. The molecule has 0 atom stereocenters. The zero-order valence-electron chi connectivity index (χ0n) is 15.5. The third-order valence-corrected chi connectivity index (χ3v) is 4.58. The molecular weight excluding hydrogens is 342 g/mol. The highest BCUT2D eigenvalue weighted by atomic mass is 16.5. The SMILES string of the molecule is CCOc1ccccc1NC(=O)N1CCC(NC(=O)c2ccccc2)CC1. The van der Waals surface area contributed by atoms with Gasteiger partial charge in [-0.05, 0) is 44.0 Å². The molecule has 2 N–H and O–H groups in total. The van der Waals surface area contributed by atoms with Crippen molar-refractivity contribution in [3.05, 3.63) is 60.2 Å². The maximum Gasteiger partial charge on any atom is 0.321 e. The number of rotatable bonds is 5. The standard InChI is InChI=1S/C21H25N3O3/c1-2-27-19-11-7-6-10-18(19)23-21(26)24-14-12-17(13-15-24)22-20(25)16-8-4-3-5-9-16/h3-11,17H,2,12-15H2,1H3,(H,22,25)(H,23,26). The molecule has 0 saturated carbocycles. The molecular formula is C21H25N3O3. The van der Waals surface area contributed by atoms with Gasteiger partial charge in [0.05, 0.1) is 12.3 Å². The number of carbonyl (C=O) groups excluding carboxylic acids is 2. The van der Waals surface area contributed by atoms with Crippen LogP contribution in [0.4, 0.5) is 10.5 Å². The zero-order valence-corrected chi connectivity index (χ0v) is 15.5. The van der Waals surface area contributed by atoms with Gasteiger partial charge < -0.3 is 20.3 Å². The van der Waals surface area contributed by atoms with Gasteiger partial charge in [-0.1, -0.05) is 30.3 Å². The Hall–Kier alpha value is -3.02. The van der Waals surface area contributed by atoms with Gasteiger partial charge in [-0.2, -0.15) is 0 Å². The van der Waals surface area contributed by atoms with E-state index >= 15 is 0 Å². The van der Waals surface area contributed by atoms with Crippen LogP contribution in [0.2, 0.25) is 0 Å². The van der Waals surface area contributed by atoms with Crippen molar-refractivity contribution >= 4 is 17.6 Å². The Morgan fingerprint density at radius 3 is 2.41 bits per heavy atom. The number of ether oxygens (including phenoxy) is 1. The number of hydrogen-bond acceptors (Lipinski definition) is 3. The molecule has 0 unspecified atom stereocenters. The number of urea groups is 1. The van der Waals surface area contributed by atoms with Crippen LogP contribution in [0.5, 0.6) is 5.75 Å². The first kappa shape index (κ1) is 18.8. The third kappa shape index (κ3) is 5.00. The molecule has 0 bridgehead atoms. The number of piperidine rings is 1. The van der Waals surface area contributed by atoms with Gasteiger partial charge in [-0.3, -0.25) is 4.79 Å². The first-order valence-electron chi connectivity index (χ1n) is 9.31. The van der Waals surface area contributed by atoms with E-state index in [-0.39, 0.29) is 18.0 Å². The lowest BCUT2D eigenvalue weighted by Crippen LogP contribution is -2.47. The minimum Gasteiger partial charge on any atom is -0.492 e. The summed E-state index contributed by atoms with van der Waals surface area (Å²) in [5, 5.41) is 5.97. The van der Waals surface area contributed by atoms with Crippen LogP contribution in [0.3, 0.4) is 0 Å². The summed E-state index contributed by atoms with van der Waals surface area (Å²) in [7, 11) is 0. The van der Waals surface area contributed by atoms with Crippen molar-refractivity contribution in [2.75, 3.05) is 25.0 Å². The molecule has 1 aliphatic heterocycles. The second kappa shape index (κ2) is 9.07. The quantitative estimate of drug-likeness (QED) is 0.850. The van der Waals surface area contributed by atoms with Crippen LogP contribution in [0.1, 0.15) is 30.1 Å². The van der Waals surface area contributed by atoms with E-state index in [1.165, 1.54) is 0 Å². The second-order valence-electron chi connectivity index (χ2n) is 6.46. The summed E-state index contributed by atoms with van der Waals surface area (Å²) < 4.78 is 5.55. The van der Waals surface area contributed by atoms with E-state index in [4.69, 9.17) is 4.74 Å². The summed E-state index contributed by atoms with van der Waals surface area (Å²) in [5.74, 6) is 0.600. The van der Waals surface area contributed by atoms with Crippen LogP contribution in [0.15, 0.2) is 54.6 Å². The summed E-state index contributed by atoms with van der Waals surface area (Å²) >= 11 is 0. The number of benzene rings is 2. The number of amides is 3. The van der Waals surface area contributed by atoms with E-state index in [2.05, 4.69) is 10.6 Å². The fourth-order valence-corrected chi connectivity index (χ4v) is 3.13. The summed E-state index contributed by atoms with van der Waals surface area (Å²) in [6.07, 6.45) is 1.47. The van der Waals surface area contributed by atoms with Gasteiger partial charge in [-0.15, -0.1) is 0 Å². The van der Waals surface area contributed by atoms with Gasteiger partial charge in [-0.25, -0.2) is 4.79 Å². The molecule has 3 amide bonds. The van der Waals surface area contributed by atoms with E-state index in [9.17, 15) is 9.59 Å². The molecule has 27 heavy (non-hydrogen) atoms. The highest BCUT2D eigenvalue weighted by Crippen LogP contribution is 2.24. The van der Waals surface area contributed by atoms with Gasteiger partial charge in [0.25, 0.3) is 5.91 Å². The van der Waals surface area contributed by atoms with Crippen molar-refractivity contribution in [2.45, 2.75) is 25.8 Å². The summed E-state index contributed by atoms with van der Waals surface area (Å²) in [6, 6.07) is 16.5. The lowest BCUT2D eigenvalue weighted by Gasteiger charge is -2.32. The summed E-state index contributed by atoms with van der Waals surface area (Å²) in [4.78, 5) is 26.6. The van der Waals surface area contributed by atoms with Gasteiger partial charge in [0.15, 0.2) is 0 Å². The van der Waals surface area contributed by atoms with Crippen molar-refractivity contribution in [2.24, 2.45) is 0 Å². The monoisotopic (exact) mass is 367 g/mol. The van der Waals surface area contributed by atoms with Crippen molar-refractivity contribution in [3.63, 3.8) is 0 Å². The number of nitrogens with zero attached hydrogens (tertiary/aromatic N) is 1. The number of likely N-dealkylation sites (tertiary alicyclic amines) is 1. The van der Waals surface area contributed by atoms with E-state index in [0.717, 1.165) is 12.8 Å². The van der Waals surface area contributed by atoms with Crippen molar-refractivity contribution in [3.8, 4) is 5.75 Å². The van der Waals surface area contributed by atoms with Gasteiger partial charge in [0.2, 0.25) is 0 Å². The molecule has 3 rings (SSSR count). The number of para-hydroxylation sites is 2. The first-order chi connectivity index (χ1) is 13.2. The van der Waals surface area contributed by atoms with Gasteiger partial charge in [0.1, 0.15) is 5.75 Å². The predicted molar refractivity (Wildman–Crippen MR) is 105 cm³/mol. The molecule has 1 saturated heterocycles. The Labute approximate surface area is 159 Å². The Bertz CT molecular complexity index is 771. The molecule has 1 heterocycles. The van der Waals surface area contributed by atoms with Crippen LogP contribution in [0.25, 0.3) is 0 Å². The number of hydrogen-bond donors (Lipinski definition) is 2. The molecule has 1 aliphatic rings. The topological polar surface area (TPSA) is 70.7 Å². The van der Waals surface area contributed by atoms with Crippen molar-refractivity contribution < 1.29 is 14.3 Å². The van der Waals surface area contributed by atoms with Crippen LogP contribution >= 0.6 is 0 Å². The number of nitrogens with one attached hydrogen (secondary N) is 2. The molecule has 6 heteroatoms. The average Bonchev–Trinajstić information content (AvgIpc) is 2.71. The third-order valence-electron chi connectivity index (χ3n) is 4.58. The molecule has 2 aromatic rings. The van der Waals surface area contributed by atoms with Crippen molar-refractivity contribution in [1.82, 2.24) is 10.2 Å². The van der Waals surface area contributed by atoms with Crippen LogP contribution in [0, 0.1) is 0 Å². The van der Waals surface area contributed by atoms with Crippen LogP contribution in [-0.4, -0.2) is 42.6 Å². The molecule has 0 spiro atoms. The molecule has 1 fully saturated rings. The van der Waals surface area contributed by atoms with E-state index in [1.807, 2.05) is 49.4 Å². The highest BCUT2D eigenvalue weighted by Gasteiger charge is 2.24. The number of anilines is 1. The Morgan fingerprint density at radius 1 is 1.04 bits per heavy atom. The Balaban J connectivity index is 1.50. The molecule has 0 aliphatic carbocycles. The Kier molecular flexibility index (Phi) is 6.30. The minimum atomic E-state index is -0.144. The maximum absolute atomic E-state index is 12.5. The lowest BCUT2D eigenvalue weighted by molar-refractivity contribution is 0.0919. The molecule has 6 nitrogen and oxygen atoms in total. The fourth-order valence-electron chi connectivity index (χ4n) is 3.13. The van der Waals surface area contributed by atoms with E-state index < -0.39 is 0 Å². The highest BCUT2D eigenvalue weighted by molar-refractivity contribution is 5.94. The molecule has 0 radical (unpaired) electrons. The second-order valence-corrected chi connectivity index (χ2v) is 6.46. The van der Waals surface area contributed by atoms with E-state index in [1.54, 1.807) is 17.0 Å². The number of carbonyl (C=O) groups is 2. The van der Waals surface area contributed by atoms with Gasteiger partial charge in [0, 0.05) is 24.7 Å². The largest absolute Gasteiger partial charge is 0.492 e. The Morgan fingerprint density at radius 2 is 1.70 bits per heavy atom. The predicted octanol–water partition coefficient (Wildman–Crippen LogP) is 3.51. The lowest BCUT2D eigenvalue weighted by atomic mass is 10.0. The van der Waals surface area contributed by atoms with Crippen LogP contribution in [-0.2, 0) is 0 Å². The minimum absolute atomic E-state index is 0.0656. The normalized spacial score (nSPS) is 14.5. The summed E-state index contributed by atoms with van der Waals surface area (Å²) in [5.41, 5.74) is 1.33. The molecule has 0 aromatic heterocycles. The summed E-state index contributed by atoms with van der Waals surface area (Å²) in [6.45, 7) is 3.65. The fraction of sp³-hybridized carbons (Fsp3) is 0.333. The van der Waals surface area contributed by atoms with Gasteiger partial charge >= 0.3 is 6.03 Å². The van der Waals surface area contributed by atoms with Crippen molar-refractivity contribution in [1.29, 1.82) is 0 Å². The maximum atomic E-state index is 12.5. The zero-order chi connectivity index (χ0) is 19.1. The van der Waals surface area contributed by atoms with Crippen LogP contribution < -0.4 is 15.4 Å². The molecule has 2 aromatic carbocycles. The molecule has 142 valence electrons. The first-order valence-corrected chi connectivity index (χ1v) is 9.31.